The first-order valence-corrected chi connectivity index (χ1v) is 7.98. The van der Waals surface area contributed by atoms with Crippen molar-refractivity contribution in [1.82, 2.24) is 0 Å². The summed E-state index contributed by atoms with van der Waals surface area (Å²) in [6.07, 6.45) is -4.67. The first kappa shape index (κ1) is 21.1. The third-order valence-corrected chi connectivity index (χ3v) is 4.10. The number of methoxy groups -OCH3 is 3. The maximum Gasteiger partial charge on any atom is 0.416 e. The molecule has 0 unspecified atom stereocenters. The van der Waals surface area contributed by atoms with E-state index in [2.05, 4.69) is 0 Å². The SMILES string of the molecule is COc1ccc(CN(C)c2ccc(C(F)(F)F)cc2[N+](=O)[O-])c(OC)c1OC. The first-order chi connectivity index (χ1) is 13.1. The lowest BCUT2D eigenvalue weighted by Gasteiger charge is -2.22. The van der Waals surface area contributed by atoms with Gasteiger partial charge in [-0.3, -0.25) is 10.1 Å². The fraction of sp³-hybridized carbons (Fsp3) is 0.333. The van der Waals surface area contributed by atoms with Crippen LogP contribution >= 0.6 is 0 Å². The summed E-state index contributed by atoms with van der Waals surface area (Å²) in [5.74, 6) is 1.15. The van der Waals surface area contributed by atoms with Gasteiger partial charge in [0.2, 0.25) is 5.75 Å². The molecule has 0 saturated carbocycles. The highest BCUT2D eigenvalue weighted by Crippen LogP contribution is 2.41. The summed E-state index contributed by atoms with van der Waals surface area (Å²) in [5.41, 5.74) is -1.08. The maximum atomic E-state index is 12.9. The molecule has 0 N–H and O–H groups in total. The number of benzene rings is 2. The fourth-order valence-electron chi connectivity index (χ4n) is 2.80. The number of hydrogen-bond donors (Lipinski definition) is 0. The lowest BCUT2D eigenvalue weighted by Crippen LogP contribution is -2.19. The van der Waals surface area contributed by atoms with E-state index in [4.69, 9.17) is 14.2 Å². The zero-order valence-corrected chi connectivity index (χ0v) is 15.7. The van der Waals surface area contributed by atoms with Crippen LogP contribution in [0.3, 0.4) is 0 Å². The molecular weight excluding hydrogens is 381 g/mol. The molecule has 0 heterocycles. The summed E-state index contributed by atoms with van der Waals surface area (Å²) in [4.78, 5) is 11.9. The number of hydrogen-bond acceptors (Lipinski definition) is 6. The first-order valence-electron chi connectivity index (χ1n) is 7.98. The van der Waals surface area contributed by atoms with Gasteiger partial charge in [0, 0.05) is 25.2 Å². The van der Waals surface area contributed by atoms with Gasteiger partial charge >= 0.3 is 6.18 Å². The lowest BCUT2D eigenvalue weighted by molar-refractivity contribution is -0.384. The molecule has 2 aromatic carbocycles. The molecular formula is C18H19F3N2O5. The molecule has 2 aromatic rings. The molecule has 28 heavy (non-hydrogen) atoms. The Kier molecular flexibility index (Phi) is 6.22. The van der Waals surface area contributed by atoms with Crippen molar-refractivity contribution < 1.29 is 32.3 Å². The van der Waals surface area contributed by atoms with Crippen LogP contribution in [0, 0.1) is 10.1 Å². The van der Waals surface area contributed by atoms with E-state index in [-0.39, 0.29) is 12.2 Å². The van der Waals surface area contributed by atoms with Crippen molar-refractivity contribution in [2.45, 2.75) is 12.7 Å². The van der Waals surface area contributed by atoms with Gasteiger partial charge in [-0.15, -0.1) is 0 Å². The van der Waals surface area contributed by atoms with Gasteiger partial charge in [0.1, 0.15) is 5.69 Å². The second kappa shape index (κ2) is 8.24. The van der Waals surface area contributed by atoms with E-state index in [1.807, 2.05) is 0 Å². The largest absolute Gasteiger partial charge is 0.493 e. The minimum absolute atomic E-state index is 0.0369. The van der Waals surface area contributed by atoms with Crippen LogP contribution in [0.15, 0.2) is 30.3 Å². The predicted molar refractivity (Wildman–Crippen MR) is 96.3 cm³/mol. The minimum Gasteiger partial charge on any atom is -0.493 e. The van der Waals surface area contributed by atoms with Crippen LogP contribution in [-0.4, -0.2) is 33.3 Å². The smallest absolute Gasteiger partial charge is 0.416 e. The quantitative estimate of drug-likeness (QED) is 0.510. The monoisotopic (exact) mass is 400 g/mol. The molecule has 7 nitrogen and oxygen atoms in total. The van der Waals surface area contributed by atoms with E-state index in [0.717, 1.165) is 12.1 Å². The fourth-order valence-corrected chi connectivity index (χ4v) is 2.80. The van der Waals surface area contributed by atoms with Crippen molar-refractivity contribution in [2.75, 3.05) is 33.3 Å². The second-order valence-electron chi connectivity index (χ2n) is 5.81. The average Bonchev–Trinajstić information content (AvgIpc) is 2.65. The molecule has 0 aromatic heterocycles. The number of nitro benzene ring substituents is 1. The van der Waals surface area contributed by atoms with Gasteiger partial charge in [0.05, 0.1) is 31.8 Å². The van der Waals surface area contributed by atoms with E-state index in [0.29, 0.717) is 28.9 Å². The van der Waals surface area contributed by atoms with Gasteiger partial charge in [-0.05, 0) is 24.3 Å². The van der Waals surface area contributed by atoms with Gasteiger partial charge in [-0.1, -0.05) is 0 Å². The van der Waals surface area contributed by atoms with Gasteiger partial charge < -0.3 is 19.1 Å². The van der Waals surface area contributed by atoms with Crippen LogP contribution in [0.4, 0.5) is 24.5 Å². The van der Waals surface area contributed by atoms with E-state index >= 15 is 0 Å². The van der Waals surface area contributed by atoms with E-state index < -0.39 is 22.4 Å². The number of alkyl halides is 3. The zero-order chi connectivity index (χ0) is 21.1. The zero-order valence-electron chi connectivity index (χ0n) is 15.7. The third kappa shape index (κ3) is 4.21. The standard InChI is InChI=1S/C18H19F3N2O5/c1-22(10-11-5-8-15(26-2)17(28-4)16(11)27-3)13-7-6-12(18(19,20)21)9-14(13)23(24)25/h5-9H,10H2,1-4H3. The van der Waals surface area contributed by atoms with Crippen LogP contribution in [0.2, 0.25) is 0 Å². The summed E-state index contributed by atoms with van der Waals surface area (Å²) in [6, 6.07) is 5.74. The number of halogens is 3. The summed E-state index contributed by atoms with van der Waals surface area (Å²) >= 11 is 0. The molecule has 2 rings (SSSR count). The van der Waals surface area contributed by atoms with Crippen molar-refractivity contribution >= 4 is 11.4 Å². The van der Waals surface area contributed by atoms with Gasteiger partial charge in [-0.25, -0.2) is 0 Å². The van der Waals surface area contributed by atoms with Crippen molar-refractivity contribution in [1.29, 1.82) is 0 Å². The molecule has 0 amide bonds. The Morgan fingerprint density at radius 1 is 1.04 bits per heavy atom. The normalized spacial score (nSPS) is 11.1. The third-order valence-electron chi connectivity index (χ3n) is 4.10. The van der Waals surface area contributed by atoms with Crippen LogP contribution in [0.5, 0.6) is 17.2 Å². The Morgan fingerprint density at radius 3 is 2.18 bits per heavy atom. The lowest BCUT2D eigenvalue weighted by atomic mass is 10.1. The average molecular weight is 400 g/mol. The van der Waals surface area contributed by atoms with E-state index in [9.17, 15) is 23.3 Å². The maximum absolute atomic E-state index is 12.9. The molecule has 152 valence electrons. The second-order valence-corrected chi connectivity index (χ2v) is 5.81. The topological polar surface area (TPSA) is 74.1 Å². The number of nitrogens with zero attached hydrogens (tertiary/aromatic N) is 2. The molecule has 0 saturated heterocycles. The number of rotatable bonds is 7. The van der Waals surface area contributed by atoms with Crippen molar-refractivity contribution in [3.63, 3.8) is 0 Å². The number of anilines is 1. The molecule has 0 aliphatic rings. The Balaban J connectivity index is 2.45. The summed E-state index contributed by atoms with van der Waals surface area (Å²) < 4.78 is 54.5. The predicted octanol–water partition coefficient (Wildman–Crippen LogP) is 4.28. The van der Waals surface area contributed by atoms with Crippen LogP contribution in [0.1, 0.15) is 11.1 Å². The highest BCUT2D eigenvalue weighted by molar-refractivity contribution is 5.65. The van der Waals surface area contributed by atoms with Crippen LogP contribution in [0.25, 0.3) is 0 Å². The van der Waals surface area contributed by atoms with E-state index in [1.165, 1.54) is 33.3 Å². The molecule has 10 heteroatoms. The number of nitro groups is 1. The molecule has 0 atom stereocenters. The Labute approximate surface area is 159 Å². The van der Waals surface area contributed by atoms with Crippen LogP contribution in [-0.2, 0) is 12.7 Å². The Hall–Kier alpha value is -3.17. The highest BCUT2D eigenvalue weighted by Gasteiger charge is 2.33. The minimum atomic E-state index is -4.67. The van der Waals surface area contributed by atoms with Crippen LogP contribution < -0.4 is 19.1 Å². The van der Waals surface area contributed by atoms with Crippen molar-refractivity contribution in [2.24, 2.45) is 0 Å². The van der Waals surface area contributed by atoms with Gasteiger partial charge in [0.15, 0.2) is 11.5 Å². The van der Waals surface area contributed by atoms with E-state index in [1.54, 1.807) is 12.1 Å². The molecule has 0 aliphatic heterocycles. The summed E-state index contributed by atoms with van der Waals surface area (Å²) in [6.45, 7) is 0.121. The highest BCUT2D eigenvalue weighted by atomic mass is 19.4. The molecule has 0 spiro atoms. The molecule has 0 radical (unpaired) electrons. The molecule has 0 aliphatic carbocycles. The van der Waals surface area contributed by atoms with Gasteiger partial charge in [-0.2, -0.15) is 13.2 Å². The summed E-state index contributed by atoms with van der Waals surface area (Å²) in [7, 11) is 5.87. The molecule has 0 bridgehead atoms. The Bertz CT molecular complexity index is 871. The number of ether oxygens (including phenoxy) is 3. The van der Waals surface area contributed by atoms with Crippen molar-refractivity contribution in [3.05, 3.63) is 51.6 Å². The molecule has 0 fully saturated rings. The summed E-state index contributed by atoms with van der Waals surface area (Å²) in [5, 5.41) is 11.3. The van der Waals surface area contributed by atoms with Crippen molar-refractivity contribution in [3.8, 4) is 17.2 Å². The van der Waals surface area contributed by atoms with Gasteiger partial charge in [0.25, 0.3) is 5.69 Å². The Morgan fingerprint density at radius 2 is 1.68 bits per heavy atom.